The smallest absolute Gasteiger partial charge is 0.240 e. The molecular weight excluding hydrogens is 382 g/mol. The zero-order chi connectivity index (χ0) is 17.7. The number of hydrogen-bond donors (Lipinski definition) is 3. The minimum Gasteiger partial charge on any atom is -0.490 e. The Balaban J connectivity index is 0.00000243. The highest BCUT2D eigenvalue weighted by molar-refractivity contribution is 7.89. The van der Waals surface area contributed by atoms with Crippen molar-refractivity contribution in [1.82, 2.24) is 15.4 Å². The van der Waals surface area contributed by atoms with Gasteiger partial charge in [0.1, 0.15) is 0 Å². The normalized spacial score (nSPS) is 16.8. The van der Waals surface area contributed by atoms with Crippen LogP contribution in [0.25, 0.3) is 0 Å². The van der Waals surface area contributed by atoms with Crippen molar-refractivity contribution in [2.45, 2.75) is 17.7 Å². The van der Waals surface area contributed by atoms with E-state index in [1.54, 1.807) is 6.07 Å². The Labute approximate surface area is 159 Å². The third-order valence-electron chi connectivity index (χ3n) is 4.13. The molecule has 0 saturated carbocycles. The molecular formula is C16H24ClN3O5S. The monoisotopic (exact) mass is 405 g/mol. The SMILES string of the molecule is Cl.O=C(CCNS(=O)(=O)c1ccc2c(c1)OCCCO2)NCC1CNC1. The largest absolute Gasteiger partial charge is 0.490 e. The van der Waals surface area contributed by atoms with Gasteiger partial charge in [-0.2, -0.15) is 0 Å². The Morgan fingerprint density at radius 2 is 1.92 bits per heavy atom. The molecule has 2 aliphatic heterocycles. The molecule has 1 aromatic carbocycles. The number of amides is 1. The van der Waals surface area contributed by atoms with Crippen molar-refractivity contribution in [1.29, 1.82) is 0 Å². The average Bonchev–Trinajstić information content (AvgIpc) is 2.77. The molecule has 0 aliphatic carbocycles. The summed E-state index contributed by atoms with van der Waals surface area (Å²) in [6.07, 6.45) is 0.852. The maximum Gasteiger partial charge on any atom is 0.240 e. The van der Waals surface area contributed by atoms with Gasteiger partial charge >= 0.3 is 0 Å². The van der Waals surface area contributed by atoms with E-state index in [9.17, 15) is 13.2 Å². The Hall–Kier alpha value is -1.55. The maximum atomic E-state index is 12.4. The van der Waals surface area contributed by atoms with Gasteiger partial charge in [-0.25, -0.2) is 13.1 Å². The molecule has 8 nitrogen and oxygen atoms in total. The van der Waals surface area contributed by atoms with Crippen molar-refractivity contribution in [3.63, 3.8) is 0 Å². The topological polar surface area (TPSA) is 106 Å². The minimum atomic E-state index is -3.70. The number of ether oxygens (including phenoxy) is 2. The first-order chi connectivity index (χ1) is 12.0. The van der Waals surface area contributed by atoms with Crippen LogP contribution in [0.5, 0.6) is 11.5 Å². The zero-order valence-corrected chi connectivity index (χ0v) is 16.0. The fourth-order valence-electron chi connectivity index (χ4n) is 2.53. The van der Waals surface area contributed by atoms with Gasteiger partial charge in [-0.15, -0.1) is 12.4 Å². The molecule has 10 heteroatoms. The summed E-state index contributed by atoms with van der Waals surface area (Å²) in [5.74, 6) is 1.28. The molecule has 0 bridgehead atoms. The number of carbonyl (C=O) groups excluding carboxylic acids is 1. The molecule has 0 radical (unpaired) electrons. The van der Waals surface area contributed by atoms with E-state index in [0.717, 1.165) is 19.5 Å². The quantitative estimate of drug-likeness (QED) is 0.601. The van der Waals surface area contributed by atoms with Crippen molar-refractivity contribution < 1.29 is 22.7 Å². The third-order valence-corrected chi connectivity index (χ3v) is 5.59. The molecule has 3 rings (SSSR count). The first kappa shape index (κ1) is 20.8. The Morgan fingerprint density at radius 1 is 1.19 bits per heavy atom. The highest BCUT2D eigenvalue weighted by Crippen LogP contribution is 2.31. The first-order valence-electron chi connectivity index (χ1n) is 8.41. The predicted octanol–water partition coefficient (Wildman–Crippen LogP) is 0.274. The summed E-state index contributed by atoms with van der Waals surface area (Å²) in [6.45, 7) is 3.53. The van der Waals surface area contributed by atoms with Gasteiger partial charge < -0.3 is 20.1 Å². The Bertz CT molecular complexity index is 725. The summed E-state index contributed by atoms with van der Waals surface area (Å²) >= 11 is 0. The minimum absolute atomic E-state index is 0. The van der Waals surface area contributed by atoms with E-state index < -0.39 is 10.0 Å². The van der Waals surface area contributed by atoms with Gasteiger partial charge in [0.25, 0.3) is 0 Å². The summed E-state index contributed by atoms with van der Waals surface area (Å²) in [7, 11) is -3.70. The first-order valence-corrected chi connectivity index (χ1v) is 9.90. The number of carbonyl (C=O) groups is 1. The van der Waals surface area contributed by atoms with E-state index in [0.29, 0.717) is 37.2 Å². The molecule has 1 aromatic rings. The van der Waals surface area contributed by atoms with E-state index in [-0.39, 0.29) is 36.2 Å². The van der Waals surface area contributed by atoms with Crippen LogP contribution >= 0.6 is 12.4 Å². The zero-order valence-electron chi connectivity index (χ0n) is 14.3. The lowest BCUT2D eigenvalue weighted by Crippen LogP contribution is -2.48. The lowest BCUT2D eigenvalue weighted by Gasteiger charge is -2.27. The number of benzene rings is 1. The van der Waals surface area contributed by atoms with Gasteiger partial charge in [-0.1, -0.05) is 0 Å². The number of nitrogens with one attached hydrogen (secondary N) is 3. The van der Waals surface area contributed by atoms with Crippen LogP contribution in [0.4, 0.5) is 0 Å². The van der Waals surface area contributed by atoms with Gasteiger partial charge in [0.2, 0.25) is 15.9 Å². The number of hydrogen-bond acceptors (Lipinski definition) is 6. The molecule has 2 heterocycles. The highest BCUT2D eigenvalue weighted by Gasteiger charge is 2.20. The van der Waals surface area contributed by atoms with Gasteiger partial charge in [0.05, 0.1) is 18.1 Å². The third kappa shape index (κ3) is 5.47. The average molecular weight is 406 g/mol. The summed E-state index contributed by atoms with van der Waals surface area (Å²) in [5.41, 5.74) is 0. The van der Waals surface area contributed by atoms with E-state index >= 15 is 0 Å². The van der Waals surface area contributed by atoms with E-state index in [1.807, 2.05) is 0 Å². The molecule has 0 spiro atoms. The number of sulfonamides is 1. The lowest BCUT2D eigenvalue weighted by molar-refractivity contribution is -0.121. The molecule has 26 heavy (non-hydrogen) atoms. The summed E-state index contributed by atoms with van der Waals surface area (Å²) in [4.78, 5) is 11.8. The van der Waals surface area contributed by atoms with Crippen molar-refractivity contribution >= 4 is 28.3 Å². The van der Waals surface area contributed by atoms with Crippen LogP contribution in [0.2, 0.25) is 0 Å². The second-order valence-electron chi connectivity index (χ2n) is 6.14. The van der Waals surface area contributed by atoms with Crippen LogP contribution in [-0.4, -0.2) is 53.7 Å². The summed E-state index contributed by atoms with van der Waals surface area (Å²) < 4.78 is 38.2. The number of fused-ring (bicyclic) bond motifs is 1. The molecule has 1 saturated heterocycles. The van der Waals surface area contributed by atoms with Crippen molar-refractivity contribution in [3.8, 4) is 11.5 Å². The number of halogens is 1. The Kier molecular flexibility index (Phi) is 7.51. The van der Waals surface area contributed by atoms with Crippen molar-refractivity contribution in [3.05, 3.63) is 18.2 Å². The maximum absolute atomic E-state index is 12.4. The molecule has 1 amide bonds. The molecule has 0 atom stereocenters. The van der Waals surface area contributed by atoms with Gasteiger partial charge in [0, 0.05) is 51.0 Å². The fraction of sp³-hybridized carbons (Fsp3) is 0.562. The van der Waals surface area contributed by atoms with Crippen molar-refractivity contribution in [2.75, 3.05) is 39.4 Å². The number of rotatable bonds is 7. The van der Waals surface area contributed by atoms with Crippen molar-refractivity contribution in [2.24, 2.45) is 5.92 Å². The Morgan fingerprint density at radius 3 is 2.62 bits per heavy atom. The molecule has 0 aromatic heterocycles. The van der Waals surface area contributed by atoms with E-state index in [1.165, 1.54) is 12.1 Å². The van der Waals surface area contributed by atoms with Crippen LogP contribution in [0, 0.1) is 5.92 Å². The highest BCUT2D eigenvalue weighted by atomic mass is 35.5. The predicted molar refractivity (Wildman–Crippen MR) is 98.5 cm³/mol. The molecule has 1 fully saturated rings. The van der Waals surface area contributed by atoms with Crippen LogP contribution in [0.1, 0.15) is 12.8 Å². The van der Waals surface area contributed by atoms with Crippen LogP contribution < -0.4 is 24.8 Å². The van der Waals surface area contributed by atoms with E-state index in [4.69, 9.17) is 9.47 Å². The van der Waals surface area contributed by atoms with Gasteiger partial charge in [0.15, 0.2) is 11.5 Å². The second kappa shape index (κ2) is 9.40. The van der Waals surface area contributed by atoms with Crippen LogP contribution in [-0.2, 0) is 14.8 Å². The van der Waals surface area contributed by atoms with Crippen LogP contribution in [0.15, 0.2) is 23.1 Å². The summed E-state index contributed by atoms with van der Waals surface area (Å²) in [6, 6.07) is 4.51. The summed E-state index contributed by atoms with van der Waals surface area (Å²) in [5, 5.41) is 5.94. The van der Waals surface area contributed by atoms with Gasteiger partial charge in [-0.05, 0) is 12.1 Å². The van der Waals surface area contributed by atoms with Gasteiger partial charge in [-0.3, -0.25) is 4.79 Å². The molecule has 2 aliphatic rings. The molecule has 146 valence electrons. The fourth-order valence-corrected chi connectivity index (χ4v) is 3.58. The standard InChI is InChI=1S/C16H23N3O5S.ClH/c20-16(18-11-12-9-17-10-12)4-5-19-25(21,22)13-2-3-14-15(8-13)24-7-1-6-23-14;/h2-3,8,12,17,19H,1,4-7,9-11H2,(H,18,20);1H. The van der Waals surface area contributed by atoms with Crippen LogP contribution in [0.3, 0.4) is 0 Å². The molecule has 0 unspecified atom stereocenters. The van der Waals surface area contributed by atoms with E-state index in [2.05, 4.69) is 15.4 Å². The lowest BCUT2D eigenvalue weighted by atomic mass is 10.0. The second-order valence-corrected chi connectivity index (χ2v) is 7.90. The molecule has 3 N–H and O–H groups in total.